The second kappa shape index (κ2) is 7.93. The van der Waals surface area contributed by atoms with Crippen molar-refractivity contribution in [2.24, 2.45) is 0 Å². The molecule has 0 aliphatic carbocycles. The van der Waals surface area contributed by atoms with Crippen LogP contribution in [-0.4, -0.2) is 25.5 Å². The normalized spacial score (nSPS) is 11.9. The summed E-state index contributed by atoms with van der Waals surface area (Å²) in [5, 5.41) is 10.6. The van der Waals surface area contributed by atoms with E-state index in [9.17, 15) is 22.7 Å². The fraction of sp³-hybridized carbons (Fsp3) is 0.227. The zero-order valence-corrected chi connectivity index (χ0v) is 17.2. The van der Waals surface area contributed by atoms with Gasteiger partial charge >= 0.3 is 5.97 Å². The van der Waals surface area contributed by atoms with E-state index in [1.165, 1.54) is 24.3 Å². The molecular formula is C22H22FNO4S. The maximum Gasteiger partial charge on any atom is 0.307 e. The first-order valence-corrected chi connectivity index (χ1v) is 10.6. The molecule has 7 heteroatoms. The highest BCUT2D eigenvalue weighted by molar-refractivity contribution is 7.89. The Labute approximate surface area is 169 Å². The van der Waals surface area contributed by atoms with Gasteiger partial charge in [-0.2, -0.15) is 0 Å². The third-order valence-corrected chi connectivity index (χ3v) is 6.33. The summed E-state index contributed by atoms with van der Waals surface area (Å²) in [5.41, 5.74) is 2.74. The maximum atomic E-state index is 13.9. The summed E-state index contributed by atoms with van der Waals surface area (Å²) < 4.78 is 41.2. The molecule has 29 heavy (non-hydrogen) atoms. The van der Waals surface area contributed by atoms with Crippen LogP contribution in [0.5, 0.6) is 0 Å². The van der Waals surface area contributed by atoms with Crippen molar-refractivity contribution < 1.29 is 22.7 Å². The molecule has 3 rings (SSSR count). The second-order valence-corrected chi connectivity index (χ2v) is 8.99. The van der Waals surface area contributed by atoms with Gasteiger partial charge in [0.15, 0.2) is 0 Å². The Morgan fingerprint density at radius 1 is 1.10 bits per heavy atom. The summed E-state index contributed by atoms with van der Waals surface area (Å²) in [6.45, 7) is 5.27. The van der Waals surface area contributed by atoms with Gasteiger partial charge in [0, 0.05) is 6.04 Å². The highest BCUT2D eigenvalue weighted by atomic mass is 32.2. The Morgan fingerprint density at radius 2 is 1.76 bits per heavy atom. The molecule has 0 amide bonds. The quantitative estimate of drug-likeness (QED) is 0.630. The van der Waals surface area contributed by atoms with Crippen LogP contribution in [-0.2, 0) is 21.2 Å². The van der Waals surface area contributed by atoms with E-state index in [-0.39, 0.29) is 17.4 Å². The number of benzene rings is 3. The molecule has 0 aliphatic heterocycles. The molecule has 0 aromatic heterocycles. The molecule has 0 heterocycles. The smallest absolute Gasteiger partial charge is 0.307 e. The van der Waals surface area contributed by atoms with Gasteiger partial charge in [-0.15, -0.1) is 0 Å². The lowest BCUT2D eigenvalue weighted by Gasteiger charge is -2.16. The summed E-state index contributed by atoms with van der Waals surface area (Å²) in [6, 6.07) is 12.2. The van der Waals surface area contributed by atoms with Crippen LogP contribution < -0.4 is 4.72 Å². The number of nitrogens with one attached hydrogen (secondary N) is 1. The van der Waals surface area contributed by atoms with Crippen LogP contribution in [0.15, 0.2) is 53.4 Å². The Balaban J connectivity index is 2.19. The van der Waals surface area contributed by atoms with Crippen molar-refractivity contribution in [2.45, 2.75) is 38.1 Å². The lowest BCUT2D eigenvalue weighted by atomic mass is 9.89. The maximum absolute atomic E-state index is 13.9. The largest absolute Gasteiger partial charge is 0.481 e. The van der Waals surface area contributed by atoms with Crippen LogP contribution in [0.4, 0.5) is 4.39 Å². The number of halogens is 1. The Bertz CT molecular complexity index is 1190. The molecule has 0 bridgehead atoms. The van der Waals surface area contributed by atoms with Crippen LogP contribution in [0, 0.1) is 12.7 Å². The predicted molar refractivity (Wildman–Crippen MR) is 111 cm³/mol. The van der Waals surface area contributed by atoms with Crippen LogP contribution in [0.1, 0.15) is 25.0 Å². The van der Waals surface area contributed by atoms with E-state index < -0.39 is 21.8 Å². The van der Waals surface area contributed by atoms with Crippen LogP contribution in [0.2, 0.25) is 0 Å². The molecule has 0 radical (unpaired) electrons. The van der Waals surface area contributed by atoms with Crippen molar-refractivity contribution in [3.63, 3.8) is 0 Å². The van der Waals surface area contributed by atoms with E-state index in [4.69, 9.17) is 0 Å². The van der Waals surface area contributed by atoms with Crippen molar-refractivity contribution in [1.29, 1.82) is 0 Å². The number of aliphatic carboxylic acids is 1. The fourth-order valence-corrected chi connectivity index (χ4v) is 4.68. The fourth-order valence-electron chi connectivity index (χ4n) is 3.43. The summed E-state index contributed by atoms with van der Waals surface area (Å²) in [6.07, 6.45) is -0.156. The van der Waals surface area contributed by atoms with Crippen molar-refractivity contribution in [3.8, 4) is 11.1 Å². The molecule has 3 aromatic rings. The van der Waals surface area contributed by atoms with E-state index in [0.717, 1.165) is 10.9 Å². The number of sulfonamides is 1. The lowest BCUT2D eigenvalue weighted by molar-refractivity contribution is -0.136. The average Bonchev–Trinajstić information content (AvgIpc) is 2.61. The number of rotatable bonds is 6. The Morgan fingerprint density at radius 3 is 2.34 bits per heavy atom. The highest BCUT2D eigenvalue weighted by Gasteiger charge is 2.18. The molecule has 0 fully saturated rings. The zero-order chi connectivity index (χ0) is 21.3. The van der Waals surface area contributed by atoms with Crippen LogP contribution in [0.25, 0.3) is 21.9 Å². The Kier molecular flexibility index (Phi) is 5.73. The molecule has 0 saturated heterocycles. The molecule has 2 N–H and O–H groups in total. The number of carboxylic acids is 1. The summed E-state index contributed by atoms with van der Waals surface area (Å²) >= 11 is 0. The first-order chi connectivity index (χ1) is 13.6. The molecule has 0 unspecified atom stereocenters. The first-order valence-electron chi connectivity index (χ1n) is 9.15. The average molecular weight is 415 g/mol. The second-order valence-electron chi connectivity index (χ2n) is 7.27. The summed E-state index contributed by atoms with van der Waals surface area (Å²) in [5.74, 6) is -1.36. The van der Waals surface area contributed by atoms with E-state index in [1.807, 2.05) is 0 Å². The van der Waals surface area contributed by atoms with Crippen molar-refractivity contribution in [2.75, 3.05) is 0 Å². The van der Waals surface area contributed by atoms with Gasteiger partial charge in [0.1, 0.15) is 5.82 Å². The molecule has 3 aromatic carbocycles. The minimum atomic E-state index is -3.63. The van der Waals surface area contributed by atoms with Gasteiger partial charge in [0.05, 0.1) is 11.3 Å². The van der Waals surface area contributed by atoms with Crippen molar-refractivity contribution >= 4 is 26.8 Å². The highest BCUT2D eigenvalue weighted by Crippen LogP contribution is 2.35. The van der Waals surface area contributed by atoms with E-state index in [1.54, 1.807) is 45.0 Å². The lowest BCUT2D eigenvalue weighted by Crippen LogP contribution is -2.30. The number of fused-ring (bicyclic) bond motifs is 1. The van der Waals surface area contributed by atoms with Gasteiger partial charge in [-0.05, 0) is 78.1 Å². The number of hydrogen-bond acceptors (Lipinski definition) is 3. The van der Waals surface area contributed by atoms with Crippen LogP contribution >= 0.6 is 0 Å². The van der Waals surface area contributed by atoms with Crippen molar-refractivity contribution in [1.82, 2.24) is 4.72 Å². The number of carboxylic acid groups (broad SMARTS) is 1. The molecular weight excluding hydrogens is 393 g/mol. The SMILES string of the molecule is Cc1c(CC(=O)O)cc2ccc(F)cc2c1-c1ccc(S(=O)(=O)NC(C)C)cc1. The zero-order valence-electron chi connectivity index (χ0n) is 16.4. The van der Waals surface area contributed by atoms with Gasteiger partial charge in [0.25, 0.3) is 0 Å². The topological polar surface area (TPSA) is 83.5 Å². The monoisotopic (exact) mass is 415 g/mol. The number of hydrogen-bond donors (Lipinski definition) is 2. The van der Waals surface area contributed by atoms with Gasteiger partial charge in [-0.3, -0.25) is 4.79 Å². The van der Waals surface area contributed by atoms with Crippen molar-refractivity contribution in [3.05, 3.63) is 65.5 Å². The molecule has 0 atom stereocenters. The third kappa shape index (κ3) is 4.46. The molecule has 0 saturated carbocycles. The minimum Gasteiger partial charge on any atom is -0.481 e. The standard InChI is InChI=1S/C22H22FNO4S/c1-13(2)24-29(27,28)19-8-5-15(6-9-19)22-14(3)17(11-21(25)26)10-16-4-7-18(23)12-20(16)22/h4-10,12-13,24H,11H2,1-3H3,(H,25,26). The van der Waals surface area contributed by atoms with Crippen LogP contribution in [0.3, 0.4) is 0 Å². The molecule has 152 valence electrons. The molecule has 0 spiro atoms. The van der Waals surface area contributed by atoms with E-state index >= 15 is 0 Å². The van der Waals surface area contributed by atoms with Gasteiger partial charge < -0.3 is 5.11 Å². The molecule has 5 nitrogen and oxygen atoms in total. The van der Waals surface area contributed by atoms with E-state index in [0.29, 0.717) is 22.1 Å². The first kappa shape index (κ1) is 21.0. The van der Waals surface area contributed by atoms with Gasteiger partial charge in [-0.1, -0.05) is 24.3 Å². The predicted octanol–water partition coefficient (Wildman–Crippen LogP) is 4.27. The third-order valence-electron chi connectivity index (χ3n) is 4.66. The van der Waals surface area contributed by atoms with Gasteiger partial charge in [-0.25, -0.2) is 17.5 Å². The van der Waals surface area contributed by atoms with Gasteiger partial charge in [0.2, 0.25) is 10.0 Å². The molecule has 0 aliphatic rings. The van der Waals surface area contributed by atoms with E-state index in [2.05, 4.69) is 4.72 Å². The number of carbonyl (C=O) groups is 1. The summed E-state index contributed by atoms with van der Waals surface area (Å²) in [4.78, 5) is 11.4. The minimum absolute atomic E-state index is 0.129. The Hall–Kier alpha value is -2.77. The summed E-state index contributed by atoms with van der Waals surface area (Å²) in [7, 11) is -3.63.